The van der Waals surface area contributed by atoms with Gasteiger partial charge in [-0.1, -0.05) is 29.8 Å². The standard InChI is InChI=1S/C23H30N4O2/c1-16-7-9-17(10-8-16)13-22(28)26-12-11-20-19(15-26)23(29)27-18(14-25(2)3)5-4-6-21(27)24-20/h7-10,18H,4-6,11-15H2,1-3H3/t18-/m0/s1. The molecule has 2 aromatic rings. The van der Waals surface area contributed by atoms with Crippen LogP contribution < -0.4 is 5.56 Å². The minimum Gasteiger partial charge on any atom is -0.337 e. The Hall–Kier alpha value is -2.47. The van der Waals surface area contributed by atoms with Gasteiger partial charge in [0.05, 0.1) is 30.3 Å². The van der Waals surface area contributed by atoms with Gasteiger partial charge >= 0.3 is 0 Å². The maximum atomic E-state index is 13.4. The van der Waals surface area contributed by atoms with Crippen LogP contribution in [0.25, 0.3) is 0 Å². The van der Waals surface area contributed by atoms with Crippen LogP contribution in [-0.2, 0) is 30.6 Å². The summed E-state index contributed by atoms with van der Waals surface area (Å²) in [4.78, 5) is 35.1. The van der Waals surface area contributed by atoms with Gasteiger partial charge in [0.25, 0.3) is 5.56 Å². The first-order valence-corrected chi connectivity index (χ1v) is 10.5. The first-order chi connectivity index (χ1) is 13.9. The van der Waals surface area contributed by atoms with Crippen molar-refractivity contribution in [3.8, 4) is 0 Å². The van der Waals surface area contributed by atoms with Gasteiger partial charge in [-0.3, -0.25) is 14.2 Å². The normalized spacial score (nSPS) is 18.5. The molecule has 0 radical (unpaired) electrons. The Kier molecular flexibility index (Phi) is 5.54. The molecule has 0 saturated heterocycles. The van der Waals surface area contributed by atoms with Crippen LogP contribution >= 0.6 is 0 Å². The van der Waals surface area contributed by atoms with Crippen molar-refractivity contribution in [2.75, 3.05) is 27.2 Å². The SMILES string of the molecule is Cc1ccc(CC(=O)N2CCc3nc4n(c(=O)c3C2)[C@H](CN(C)C)CCC4)cc1. The van der Waals surface area contributed by atoms with Gasteiger partial charge in [-0.15, -0.1) is 0 Å². The molecule has 3 heterocycles. The number of aryl methyl sites for hydroxylation is 2. The average Bonchev–Trinajstić information content (AvgIpc) is 2.69. The van der Waals surface area contributed by atoms with Crippen molar-refractivity contribution < 1.29 is 4.79 Å². The van der Waals surface area contributed by atoms with Gasteiger partial charge in [0.2, 0.25) is 5.91 Å². The summed E-state index contributed by atoms with van der Waals surface area (Å²) in [5.74, 6) is 0.998. The Morgan fingerprint density at radius 1 is 1.21 bits per heavy atom. The molecule has 0 N–H and O–H groups in total. The average molecular weight is 395 g/mol. The van der Waals surface area contributed by atoms with Crippen LogP contribution in [-0.4, -0.2) is 52.4 Å². The maximum Gasteiger partial charge on any atom is 0.259 e. The van der Waals surface area contributed by atoms with E-state index in [1.165, 1.54) is 5.56 Å². The molecule has 0 aliphatic carbocycles. The van der Waals surface area contributed by atoms with Gasteiger partial charge in [0, 0.05) is 25.9 Å². The van der Waals surface area contributed by atoms with E-state index < -0.39 is 0 Å². The van der Waals surface area contributed by atoms with E-state index in [4.69, 9.17) is 4.98 Å². The molecule has 1 aromatic heterocycles. The van der Waals surface area contributed by atoms with E-state index in [1.54, 1.807) is 0 Å². The lowest BCUT2D eigenvalue weighted by molar-refractivity contribution is -0.131. The second kappa shape index (κ2) is 8.11. The lowest BCUT2D eigenvalue weighted by Crippen LogP contribution is -2.45. The highest BCUT2D eigenvalue weighted by atomic mass is 16.2. The summed E-state index contributed by atoms with van der Waals surface area (Å²) in [5, 5.41) is 0. The van der Waals surface area contributed by atoms with Crippen molar-refractivity contribution in [3.05, 3.63) is 62.8 Å². The molecule has 6 heteroatoms. The number of benzene rings is 1. The number of carbonyl (C=O) groups excluding carboxylic acids is 1. The number of hydrogen-bond donors (Lipinski definition) is 0. The van der Waals surface area contributed by atoms with Crippen LogP contribution in [0.4, 0.5) is 0 Å². The summed E-state index contributed by atoms with van der Waals surface area (Å²) < 4.78 is 1.91. The first-order valence-electron chi connectivity index (χ1n) is 10.5. The first kappa shape index (κ1) is 19.8. The second-order valence-electron chi connectivity index (χ2n) is 8.66. The van der Waals surface area contributed by atoms with Crippen LogP contribution in [0.3, 0.4) is 0 Å². The molecule has 0 spiro atoms. The van der Waals surface area contributed by atoms with Crippen LogP contribution in [0, 0.1) is 6.92 Å². The van der Waals surface area contributed by atoms with E-state index in [-0.39, 0.29) is 17.5 Å². The van der Waals surface area contributed by atoms with Crippen LogP contribution in [0.5, 0.6) is 0 Å². The molecule has 0 unspecified atom stereocenters. The highest BCUT2D eigenvalue weighted by molar-refractivity contribution is 5.79. The largest absolute Gasteiger partial charge is 0.337 e. The third-order valence-electron chi connectivity index (χ3n) is 6.04. The topological polar surface area (TPSA) is 58.4 Å². The molecule has 154 valence electrons. The minimum absolute atomic E-state index is 0.0596. The Labute approximate surface area is 172 Å². The van der Waals surface area contributed by atoms with Crippen LogP contribution in [0.2, 0.25) is 0 Å². The minimum atomic E-state index is 0.0596. The highest BCUT2D eigenvalue weighted by Gasteiger charge is 2.30. The van der Waals surface area contributed by atoms with Crippen LogP contribution in [0.15, 0.2) is 29.1 Å². The van der Waals surface area contributed by atoms with Crippen LogP contribution in [0.1, 0.15) is 47.1 Å². The molecule has 29 heavy (non-hydrogen) atoms. The molecule has 0 saturated carbocycles. The molecule has 1 amide bonds. The van der Waals surface area contributed by atoms with E-state index in [0.717, 1.165) is 42.9 Å². The number of fused-ring (bicyclic) bond motifs is 2. The summed E-state index contributed by atoms with van der Waals surface area (Å²) in [6, 6.07) is 8.23. The molecule has 0 bridgehead atoms. The predicted octanol–water partition coefficient (Wildman–Crippen LogP) is 2.12. The Morgan fingerprint density at radius 2 is 1.97 bits per heavy atom. The second-order valence-corrected chi connectivity index (χ2v) is 8.66. The van der Waals surface area contributed by atoms with Gasteiger partial charge in [-0.2, -0.15) is 0 Å². The predicted molar refractivity (Wildman–Crippen MR) is 113 cm³/mol. The monoisotopic (exact) mass is 394 g/mol. The third kappa shape index (κ3) is 4.13. The van der Waals surface area contributed by atoms with Crippen molar-refractivity contribution in [2.24, 2.45) is 0 Å². The third-order valence-corrected chi connectivity index (χ3v) is 6.04. The fourth-order valence-electron chi connectivity index (χ4n) is 4.52. The number of rotatable bonds is 4. The van der Waals surface area contributed by atoms with E-state index in [0.29, 0.717) is 31.5 Å². The van der Waals surface area contributed by atoms with E-state index in [9.17, 15) is 9.59 Å². The zero-order valence-electron chi connectivity index (χ0n) is 17.6. The lowest BCUT2D eigenvalue weighted by Gasteiger charge is -2.33. The molecule has 6 nitrogen and oxygen atoms in total. The van der Waals surface area contributed by atoms with Crippen molar-refractivity contribution in [2.45, 2.75) is 51.6 Å². The molecule has 2 aliphatic rings. The fraction of sp³-hybridized carbons (Fsp3) is 0.522. The number of aromatic nitrogens is 2. The van der Waals surface area contributed by atoms with E-state index >= 15 is 0 Å². The molecule has 1 aromatic carbocycles. The highest BCUT2D eigenvalue weighted by Crippen LogP contribution is 2.25. The maximum absolute atomic E-state index is 13.4. The number of carbonyl (C=O) groups is 1. The number of likely N-dealkylation sites (N-methyl/N-ethyl adjacent to an activating group) is 1. The zero-order chi connectivity index (χ0) is 20.5. The molecule has 0 fully saturated rings. The van der Waals surface area contributed by atoms with Crippen molar-refractivity contribution in [1.82, 2.24) is 19.4 Å². The summed E-state index contributed by atoms with van der Waals surface area (Å²) in [5.41, 5.74) is 3.86. The number of nitrogens with zero attached hydrogens (tertiary/aromatic N) is 4. The summed E-state index contributed by atoms with van der Waals surface area (Å²) >= 11 is 0. The van der Waals surface area contributed by atoms with Crippen molar-refractivity contribution in [1.29, 1.82) is 0 Å². The Balaban J connectivity index is 1.58. The lowest BCUT2D eigenvalue weighted by atomic mass is 10.00. The van der Waals surface area contributed by atoms with Crippen molar-refractivity contribution >= 4 is 5.91 Å². The zero-order valence-corrected chi connectivity index (χ0v) is 17.6. The molecular formula is C23H30N4O2. The molecule has 4 rings (SSSR count). The smallest absolute Gasteiger partial charge is 0.259 e. The van der Waals surface area contributed by atoms with Gasteiger partial charge in [-0.05, 0) is 39.4 Å². The number of amides is 1. The van der Waals surface area contributed by atoms with E-state index in [1.807, 2.05) is 54.8 Å². The summed E-state index contributed by atoms with van der Waals surface area (Å²) in [6.45, 7) is 3.89. The quantitative estimate of drug-likeness (QED) is 0.797. The molecule has 2 aliphatic heterocycles. The summed E-state index contributed by atoms with van der Waals surface area (Å²) in [6.07, 6.45) is 3.98. The Bertz CT molecular complexity index is 962. The number of hydrogen-bond acceptors (Lipinski definition) is 4. The van der Waals surface area contributed by atoms with E-state index in [2.05, 4.69) is 4.90 Å². The Morgan fingerprint density at radius 3 is 2.69 bits per heavy atom. The molecule has 1 atom stereocenters. The van der Waals surface area contributed by atoms with Gasteiger partial charge in [0.15, 0.2) is 0 Å². The van der Waals surface area contributed by atoms with Gasteiger partial charge < -0.3 is 9.80 Å². The summed E-state index contributed by atoms with van der Waals surface area (Å²) in [7, 11) is 4.08. The van der Waals surface area contributed by atoms with Crippen molar-refractivity contribution in [3.63, 3.8) is 0 Å². The van der Waals surface area contributed by atoms with Gasteiger partial charge in [0.1, 0.15) is 5.82 Å². The van der Waals surface area contributed by atoms with Gasteiger partial charge in [-0.25, -0.2) is 4.98 Å². The molecular weight excluding hydrogens is 364 g/mol. The fourth-order valence-corrected chi connectivity index (χ4v) is 4.52.